The number of hydrogen-bond donors (Lipinski definition) is 1. The van der Waals surface area contributed by atoms with E-state index in [1.54, 1.807) is 10.9 Å². The normalized spacial score (nSPS) is 21.6. The molecule has 5 nitrogen and oxygen atoms in total. The third kappa shape index (κ3) is 3.89. The molecular weight excluding hydrogens is 312 g/mol. The molecule has 1 saturated heterocycles. The number of aliphatic hydroxyl groups is 1. The van der Waals surface area contributed by atoms with Gasteiger partial charge in [-0.25, -0.2) is 4.68 Å². The molecule has 0 spiro atoms. The highest BCUT2D eigenvalue weighted by molar-refractivity contribution is 5.82. The van der Waals surface area contributed by atoms with Crippen molar-refractivity contribution >= 4 is 10.8 Å². The zero-order valence-corrected chi connectivity index (χ0v) is 14.4. The molecule has 0 radical (unpaired) electrons. The molecule has 1 atom stereocenters. The molecule has 1 fully saturated rings. The molecule has 1 unspecified atom stereocenters. The third-order valence-corrected chi connectivity index (χ3v) is 5.09. The number of nitrogens with zero attached hydrogens (tertiary/aromatic N) is 4. The van der Waals surface area contributed by atoms with E-state index in [4.69, 9.17) is 0 Å². The van der Waals surface area contributed by atoms with Crippen LogP contribution in [0.1, 0.15) is 18.4 Å². The van der Waals surface area contributed by atoms with Crippen molar-refractivity contribution in [1.82, 2.24) is 19.9 Å². The molecular formula is C20H24N4O. The molecule has 2 aromatic carbocycles. The lowest BCUT2D eigenvalue weighted by Crippen LogP contribution is -2.51. The van der Waals surface area contributed by atoms with Crippen LogP contribution in [0.15, 0.2) is 54.9 Å². The summed E-state index contributed by atoms with van der Waals surface area (Å²) < 4.78 is 1.73. The molecule has 25 heavy (non-hydrogen) atoms. The van der Waals surface area contributed by atoms with Gasteiger partial charge in [0.1, 0.15) is 0 Å². The number of benzene rings is 2. The van der Waals surface area contributed by atoms with Gasteiger partial charge in [0.05, 0.1) is 18.3 Å². The van der Waals surface area contributed by atoms with E-state index in [0.717, 1.165) is 32.4 Å². The Balaban J connectivity index is 1.38. The van der Waals surface area contributed by atoms with Crippen LogP contribution in [0.4, 0.5) is 0 Å². The summed E-state index contributed by atoms with van der Waals surface area (Å²) in [6.45, 7) is 3.23. The topological polar surface area (TPSA) is 54.2 Å². The minimum Gasteiger partial charge on any atom is -0.387 e. The van der Waals surface area contributed by atoms with Gasteiger partial charge in [-0.05, 0) is 42.1 Å². The summed E-state index contributed by atoms with van der Waals surface area (Å²) in [4.78, 5) is 2.37. The Morgan fingerprint density at radius 1 is 1.12 bits per heavy atom. The summed E-state index contributed by atoms with van der Waals surface area (Å²) in [6.07, 6.45) is 6.31. The standard InChI is InChI=1S/C20H24N4O/c25-20(16-24-13-10-21-22-24)9-3-11-23(15-20)12-8-17-6-7-18-4-1-2-5-19(18)14-17/h1-2,4-7,10,13-14,25H,3,8-9,11-12,15-16H2. The highest BCUT2D eigenvalue weighted by atomic mass is 16.3. The number of rotatable bonds is 5. The molecule has 0 bridgehead atoms. The van der Waals surface area contributed by atoms with Crippen LogP contribution in [-0.4, -0.2) is 50.2 Å². The fourth-order valence-corrected chi connectivity index (χ4v) is 3.83. The van der Waals surface area contributed by atoms with E-state index in [0.29, 0.717) is 13.1 Å². The van der Waals surface area contributed by atoms with Crippen LogP contribution in [0, 0.1) is 0 Å². The molecule has 4 rings (SSSR count). The lowest BCUT2D eigenvalue weighted by atomic mass is 9.92. The summed E-state index contributed by atoms with van der Waals surface area (Å²) >= 11 is 0. The van der Waals surface area contributed by atoms with Crippen LogP contribution in [0.5, 0.6) is 0 Å². The van der Waals surface area contributed by atoms with Crippen molar-refractivity contribution < 1.29 is 5.11 Å². The van der Waals surface area contributed by atoms with E-state index in [1.807, 2.05) is 6.20 Å². The lowest BCUT2D eigenvalue weighted by Gasteiger charge is -2.39. The van der Waals surface area contributed by atoms with Gasteiger partial charge >= 0.3 is 0 Å². The first-order valence-corrected chi connectivity index (χ1v) is 8.97. The fraction of sp³-hybridized carbons (Fsp3) is 0.400. The van der Waals surface area contributed by atoms with Gasteiger partial charge in [0, 0.05) is 19.3 Å². The van der Waals surface area contributed by atoms with Crippen LogP contribution in [0.25, 0.3) is 10.8 Å². The number of likely N-dealkylation sites (tertiary alicyclic amines) is 1. The molecule has 1 aromatic heterocycles. The number of β-amino-alcohol motifs (C(OH)–C–C–N with tert-alkyl or cyclic N) is 1. The Hall–Kier alpha value is -2.24. The minimum atomic E-state index is -0.713. The molecule has 5 heteroatoms. The summed E-state index contributed by atoms with van der Waals surface area (Å²) in [5.74, 6) is 0. The van der Waals surface area contributed by atoms with Gasteiger partial charge in [-0.1, -0.05) is 47.7 Å². The monoisotopic (exact) mass is 336 g/mol. The van der Waals surface area contributed by atoms with Crippen molar-refractivity contribution in [1.29, 1.82) is 0 Å². The summed E-state index contributed by atoms with van der Waals surface area (Å²) in [6, 6.07) is 15.2. The van der Waals surface area contributed by atoms with E-state index in [9.17, 15) is 5.11 Å². The van der Waals surface area contributed by atoms with Gasteiger partial charge < -0.3 is 10.0 Å². The molecule has 0 amide bonds. The quantitative estimate of drug-likeness (QED) is 0.778. The van der Waals surface area contributed by atoms with Gasteiger partial charge in [0.15, 0.2) is 0 Å². The second kappa shape index (κ2) is 6.94. The second-order valence-electron chi connectivity index (χ2n) is 7.14. The highest BCUT2D eigenvalue weighted by Crippen LogP contribution is 2.23. The maximum absolute atomic E-state index is 10.9. The fourth-order valence-electron chi connectivity index (χ4n) is 3.83. The first-order valence-electron chi connectivity index (χ1n) is 8.97. The van der Waals surface area contributed by atoms with Crippen molar-refractivity contribution in [3.8, 4) is 0 Å². The highest BCUT2D eigenvalue weighted by Gasteiger charge is 2.33. The number of piperidine rings is 1. The van der Waals surface area contributed by atoms with Crippen LogP contribution in [0.3, 0.4) is 0 Å². The Kier molecular flexibility index (Phi) is 4.51. The van der Waals surface area contributed by atoms with Crippen LogP contribution in [-0.2, 0) is 13.0 Å². The molecule has 0 saturated carbocycles. The smallest absolute Gasteiger partial charge is 0.0969 e. The first-order chi connectivity index (χ1) is 12.2. The van der Waals surface area contributed by atoms with Gasteiger partial charge in [-0.15, -0.1) is 5.10 Å². The minimum absolute atomic E-state index is 0.513. The Labute approximate surface area is 147 Å². The number of aromatic nitrogens is 3. The zero-order valence-electron chi connectivity index (χ0n) is 14.4. The summed E-state index contributed by atoms with van der Waals surface area (Å²) in [5, 5.41) is 21.3. The lowest BCUT2D eigenvalue weighted by molar-refractivity contribution is -0.0452. The van der Waals surface area contributed by atoms with E-state index in [-0.39, 0.29) is 0 Å². The van der Waals surface area contributed by atoms with Crippen LogP contribution < -0.4 is 0 Å². The second-order valence-corrected chi connectivity index (χ2v) is 7.14. The van der Waals surface area contributed by atoms with E-state index < -0.39 is 5.60 Å². The van der Waals surface area contributed by atoms with Crippen molar-refractivity contribution in [3.63, 3.8) is 0 Å². The molecule has 1 aliphatic heterocycles. The molecule has 2 heterocycles. The Morgan fingerprint density at radius 3 is 2.84 bits per heavy atom. The largest absolute Gasteiger partial charge is 0.387 e. The Morgan fingerprint density at radius 2 is 2.00 bits per heavy atom. The van der Waals surface area contributed by atoms with Crippen molar-refractivity contribution in [2.24, 2.45) is 0 Å². The van der Waals surface area contributed by atoms with Crippen molar-refractivity contribution in [2.45, 2.75) is 31.4 Å². The van der Waals surface area contributed by atoms with Crippen molar-refractivity contribution in [3.05, 3.63) is 60.4 Å². The van der Waals surface area contributed by atoms with Crippen molar-refractivity contribution in [2.75, 3.05) is 19.6 Å². The molecule has 3 aromatic rings. The zero-order chi connectivity index (χ0) is 17.1. The van der Waals surface area contributed by atoms with E-state index >= 15 is 0 Å². The molecule has 1 N–H and O–H groups in total. The average molecular weight is 336 g/mol. The molecule has 1 aliphatic rings. The third-order valence-electron chi connectivity index (χ3n) is 5.09. The predicted octanol–water partition coefficient (Wildman–Crippen LogP) is 2.50. The van der Waals surface area contributed by atoms with Crippen LogP contribution in [0.2, 0.25) is 0 Å². The maximum Gasteiger partial charge on any atom is 0.0969 e. The average Bonchev–Trinajstić information content (AvgIpc) is 3.12. The van der Waals surface area contributed by atoms with Gasteiger partial charge in [-0.2, -0.15) is 0 Å². The van der Waals surface area contributed by atoms with Crippen LogP contribution >= 0.6 is 0 Å². The Bertz CT molecular complexity index is 833. The van der Waals surface area contributed by atoms with Gasteiger partial charge in [-0.3, -0.25) is 0 Å². The molecule has 0 aliphatic carbocycles. The van der Waals surface area contributed by atoms with E-state index in [2.05, 4.69) is 57.7 Å². The van der Waals surface area contributed by atoms with Gasteiger partial charge in [0.25, 0.3) is 0 Å². The number of hydrogen-bond acceptors (Lipinski definition) is 4. The first kappa shape index (κ1) is 16.2. The summed E-state index contributed by atoms with van der Waals surface area (Å²) in [5.41, 5.74) is 0.638. The summed E-state index contributed by atoms with van der Waals surface area (Å²) in [7, 11) is 0. The predicted molar refractivity (Wildman–Crippen MR) is 98.3 cm³/mol. The SMILES string of the molecule is OC1(Cn2ccnn2)CCCN(CCc2ccc3ccccc3c2)C1. The molecule has 130 valence electrons. The number of fused-ring (bicyclic) bond motifs is 1. The van der Waals surface area contributed by atoms with E-state index in [1.165, 1.54) is 16.3 Å². The van der Waals surface area contributed by atoms with Gasteiger partial charge in [0.2, 0.25) is 0 Å². The maximum atomic E-state index is 10.9.